The highest BCUT2D eigenvalue weighted by atomic mass is 15.1. The molecule has 2 N–H and O–H groups in total. The molecule has 0 saturated heterocycles. The van der Waals surface area contributed by atoms with Crippen LogP contribution in [0, 0.1) is 0 Å². The van der Waals surface area contributed by atoms with Crippen LogP contribution in [0.25, 0.3) is 0 Å². The van der Waals surface area contributed by atoms with Crippen molar-refractivity contribution in [2.24, 2.45) is 0 Å². The van der Waals surface area contributed by atoms with E-state index in [-0.39, 0.29) is 0 Å². The molecule has 0 aromatic rings. The van der Waals surface area contributed by atoms with Crippen LogP contribution >= 0.6 is 0 Å². The molecule has 1 heterocycles. The molecule has 1 aliphatic heterocycles. The fraction of sp³-hybridized carbons (Fsp3) is 0.667. The van der Waals surface area contributed by atoms with E-state index in [9.17, 15) is 0 Å². The van der Waals surface area contributed by atoms with Crippen molar-refractivity contribution in [1.82, 2.24) is 10.6 Å². The molecule has 0 atom stereocenters. The molecule has 0 amide bonds. The molecule has 2 heteroatoms. The van der Waals surface area contributed by atoms with Gasteiger partial charge in [-0.3, -0.25) is 0 Å². The molecule has 8 heavy (non-hydrogen) atoms. The number of hydrogen-bond donors (Lipinski definition) is 2. The highest BCUT2D eigenvalue weighted by Gasteiger charge is 2.02. The Bertz CT molecular complexity index is 105. The van der Waals surface area contributed by atoms with Crippen LogP contribution in [0.5, 0.6) is 0 Å². The summed E-state index contributed by atoms with van der Waals surface area (Å²) in [5.74, 6) is 1.18. The molecule has 0 fully saturated rings. The normalized spacial score (nSPS) is 16.6. The highest BCUT2D eigenvalue weighted by Crippen LogP contribution is 1.93. The number of hydrogen-bond acceptors (Lipinski definition) is 2. The summed E-state index contributed by atoms with van der Waals surface area (Å²) < 4.78 is 0. The maximum absolute atomic E-state index is 3.23. The summed E-state index contributed by atoms with van der Waals surface area (Å²) in [4.78, 5) is 0. The van der Waals surface area contributed by atoms with Crippen molar-refractivity contribution in [2.75, 3.05) is 6.54 Å². The molecule has 2 nitrogen and oxygen atoms in total. The first-order valence-electron chi connectivity index (χ1n) is 2.99. The minimum atomic E-state index is 0.550. The van der Waals surface area contributed by atoms with Crippen molar-refractivity contribution in [3.05, 3.63) is 11.9 Å². The van der Waals surface area contributed by atoms with Gasteiger partial charge in [-0.15, -0.1) is 0 Å². The van der Waals surface area contributed by atoms with Crippen molar-refractivity contribution in [3.63, 3.8) is 0 Å². The van der Waals surface area contributed by atoms with Crippen molar-refractivity contribution < 1.29 is 0 Å². The van der Waals surface area contributed by atoms with Crippen LogP contribution in [-0.4, -0.2) is 12.6 Å². The van der Waals surface area contributed by atoms with Crippen molar-refractivity contribution in [3.8, 4) is 0 Å². The molecule has 0 bridgehead atoms. The second kappa shape index (κ2) is 2.07. The molecule has 1 aliphatic rings. The Labute approximate surface area is 50.0 Å². The Balaban J connectivity index is 2.19. The Morgan fingerprint density at radius 2 is 2.38 bits per heavy atom. The topological polar surface area (TPSA) is 24.1 Å². The van der Waals surface area contributed by atoms with E-state index in [1.54, 1.807) is 0 Å². The van der Waals surface area contributed by atoms with Crippen LogP contribution < -0.4 is 10.6 Å². The van der Waals surface area contributed by atoms with Gasteiger partial charge < -0.3 is 10.6 Å². The lowest BCUT2D eigenvalue weighted by atomic mass is 10.3. The maximum Gasteiger partial charge on any atom is 0.0967 e. The van der Waals surface area contributed by atoms with E-state index >= 15 is 0 Å². The van der Waals surface area contributed by atoms with Gasteiger partial charge in [-0.1, -0.05) is 0 Å². The Hall–Kier alpha value is -0.660. The summed E-state index contributed by atoms with van der Waals surface area (Å²) in [7, 11) is 0. The predicted octanol–water partition coefficient (Wildman–Crippen LogP) is 0.429. The molecule has 0 radical (unpaired) electrons. The van der Waals surface area contributed by atoms with Gasteiger partial charge in [0.1, 0.15) is 0 Å². The SMILES string of the molecule is CC(C)NC1=CCN1. The van der Waals surface area contributed by atoms with Gasteiger partial charge in [0.15, 0.2) is 0 Å². The Morgan fingerprint density at radius 3 is 2.50 bits per heavy atom. The van der Waals surface area contributed by atoms with Crippen molar-refractivity contribution >= 4 is 0 Å². The fourth-order valence-electron chi connectivity index (χ4n) is 0.625. The van der Waals surface area contributed by atoms with Gasteiger partial charge in [-0.05, 0) is 19.9 Å². The van der Waals surface area contributed by atoms with E-state index in [1.165, 1.54) is 5.82 Å². The first-order valence-corrected chi connectivity index (χ1v) is 2.99. The van der Waals surface area contributed by atoms with Crippen molar-refractivity contribution in [1.29, 1.82) is 0 Å². The first kappa shape index (κ1) is 5.48. The average Bonchev–Trinajstić information content (AvgIpc) is 1.55. The van der Waals surface area contributed by atoms with Crippen LogP contribution in [-0.2, 0) is 0 Å². The molecule has 0 unspecified atom stereocenters. The number of nitrogens with one attached hydrogen (secondary N) is 2. The zero-order chi connectivity index (χ0) is 5.98. The summed E-state index contributed by atoms with van der Waals surface area (Å²) in [6, 6.07) is 0.550. The lowest BCUT2D eigenvalue weighted by Gasteiger charge is -2.21. The van der Waals surface area contributed by atoms with E-state index in [0.717, 1.165) is 6.54 Å². The van der Waals surface area contributed by atoms with E-state index in [1.807, 2.05) is 0 Å². The standard InChI is InChI=1S/C6H12N2/c1-5(2)8-6-3-4-7-6/h3,5,7-8H,4H2,1-2H3. The van der Waals surface area contributed by atoms with Gasteiger partial charge in [-0.25, -0.2) is 0 Å². The molecule has 0 spiro atoms. The number of rotatable bonds is 2. The molecule has 0 aromatic heterocycles. The molecule has 0 aromatic carbocycles. The molecule has 1 rings (SSSR count). The summed E-state index contributed by atoms with van der Waals surface area (Å²) >= 11 is 0. The van der Waals surface area contributed by atoms with Gasteiger partial charge in [0.2, 0.25) is 0 Å². The third-order valence-corrected chi connectivity index (χ3v) is 1.04. The van der Waals surface area contributed by atoms with E-state index in [0.29, 0.717) is 6.04 Å². The summed E-state index contributed by atoms with van der Waals surface area (Å²) in [6.07, 6.45) is 2.14. The van der Waals surface area contributed by atoms with E-state index in [4.69, 9.17) is 0 Å². The second-order valence-electron chi connectivity index (χ2n) is 2.30. The summed E-state index contributed by atoms with van der Waals surface area (Å²) in [5, 5.41) is 6.36. The second-order valence-corrected chi connectivity index (χ2v) is 2.30. The van der Waals surface area contributed by atoms with Gasteiger partial charge in [0, 0.05) is 12.6 Å². The van der Waals surface area contributed by atoms with E-state index in [2.05, 4.69) is 30.6 Å². The van der Waals surface area contributed by atoms with Gasteiger partial charge in [0.25, 0.3) is 0 Å². The zero-order valence-electron chi connectivity index (χ0n) is 5.36. The third kappa shape index (κ3) is 1.15. The monoisotopic (exact) mass is 112 g/mol. The smallest absolute Gasteiger partial charge is 0.0967 e. The van der Waals surface area contributed by atoms with Crippen LogP contribution in [0.1, 0.15) is 13.8 Å². The minimum absolute atomic E-state index is 0.550. The first-order chi connectivity index (χ1) is 3.79. The molecule has 0 saturated carbocycles. The maximum atomic E-state index is 3.23. The largest absolute Gasteiger partial charge is 0.370 e. The Kier molecular flexibility index (Phi) is 1.42. The molecule has 0 aliphatic carbocycles. The van der Waals surface area contributed by atoms with Gasteiger partial charge >= 0.3 is 0 Å². The Morgan fingerprint density at radius 1 is 1.75 bits per heavy atom. The summed E-state index contributed by atoms with van der Waals surface area (Å²) in [5.41, 5.74) is 0. The highest BCUT2D eigenvalue weighted by molar-refractivity contribution is 5.09. The lowest BCUT2D eigenvalue weighted by Crippen LogP contribution is -2.37. The zero-order valence-corrected chi connectivity index (χ0v) is 5.36. The van der Waals surface area contributed by atoms with Crippen LogP contribution in [0.15, 0.2) is 11.9 Å². The fourth-order valence-corrected chi connectivity index (χ4v) is 0.625. The van der Waals surface area contributed by atoms with E-state index < -0.39 is 0 Å². The average molecular weight is 112 g/mol. The third-order valence-electron chi connectivity index (χ3n) is 1.04. The van der Waals surface area contributed by atoms with Crippen LogP contribution in [0.2, 0.25) is 0 Å². The van der Waals surface area contributed by atoms with Crippen LogP contribution in [0.4, 0.5) is 0 Å². The van der Waals surface area contributed by atoms with Crippen molar-refractivity contribution in [2.45, 2.75) is 19.9 Å². The minimum Gasteiger partial charge on any atom is -0.370 e. The quantitative estimate of drug-likeness (QED) is 0.541. The predicted molar refractivity (Wildman–Crippen MR) is 34.4 cm³/mol. The van der Waals surface area contributed by atoms with Gasteiger partial charge in [-0.2, -0.15) is 0 Å². The summed E-state index contributed by atoms with van der Waals surface area (Å²) in [6.45, 7) is 5.27. The molecular formula is C6H12N2. The molecule has 46 valence electrons. The van der Waals surface area contributed by atoms with Crippen LogP contribution in [0.3, 0.4) is 0 Å². The van der Waals surface area contributed by atoms with Gasteiger partial charge in [0.05, 0.1) is 5.82 Å². The molecular weight excluding hydrogens is 100 g/mol. The lowest BCUT2D eigenvalue weighted by molar-refractivity contribution is 0.590.